The van der Waals surface area contributed by atoms with Gasteiger partial charge in [0.2, 0.25) is 0 Å². The van der Waals surface area contributed by atoms with E-state index in [1.807, 2.05) is 24.3 Å². The molecule has 1 atom stereocenters. The SMILES string of the molecule is OCCN1c2cc(Cl)c(Cl)cc2NC1c1cc2ccc(Br)cc2[nH]1. The van der Waals surface area contributed by atoms with Gasteiger partial charge in [0.15, 0.2) is 0 Å². The molecule has 124 valence electrons. The molecule has 0 bridgehead atoms. The van der Waals surface area contributed by atoms with Gasteiger partial charge in [-0.05, 0) is 35.7 Å². The number of β-amino-alcohol motifs (C(OH)–C–C–N with tert-alkyl or cyclic N) is 1. The van der Waals surface area contributed by atoms with Crippen molar-refractivity contribution in [2.45, 2.75) is 6.17 Å². The summed E-state index contributed by atoms with van der Waals surface area (Å²) in [5, 5.41) is 15.1. The van der Waals surface area contributed by atoms with E-state index in [9.17, 15) is 5.11 Å². The lowest BCUT2D eigenvalue weighted by molar-refractivity contribution is 0.299. The van der Waals surface area contributed by atoms with Crippen LogP contribution in [0.5, 0.6) is 0 Å². The average molecular weight is 427 g/mol. The van der Waals surface area contributed by atoms with Crippen LogP contribution < -0.4 is 10.2 Å². The highest BCUT2D eigenvalue weighted by atomic mass is 79.9. The molecule has 0 aliphatic carbocycles. The Kier molecular flexibility index (Phi) is 4.12. The number of nitrogens with one attached hydrogen (secondary N) is 2. The maximum atomic E-state index is 9.47. The zero-order valence-corrected chi connectivity index (χ0v) is 15.6. The van der Waals surface area contributed by atoms with Crippen molar-refractivity contribution in [3.05, 3.63) is 56.6 Å². The summed E-state index contributed by atoms with van der Waals surface area (Å²) < 4.78 is 1.02. The molecular formula is C17H14BrCl2N3O. The second-order valence-electron chi connectivity index (χ2n) is 5.70. The van der Waals surface area contributed by atoms with E-state index in [4.69, 9.17) is 23.2 Å². The molecule has 1 aromatic heterocycles. The summed E-state index contributed by atoms with van der Waals surface area (Å²) in [5.41, 5.74) is 3.91. The number of aromatic nitrogens is 1. The lowest BCUT2D eigenvalue weighted by Gasteiger charge is -2.25. The Hall–Kier alpha value is -1.40. The summed E-state index contributed by atoms with van der Waals surface area (Å²) in [5.74, 6) is 0. The van der Waals surface area contributed by atoms with E-state index in [0.29, 0.717) is 16.6 Å². The molecule has 0 fully saturated rings. The van der Waals surface area contributed by atoms with Crippen LogP contribution in [0.25, 0.3) is 10.9 Å². The summed E-state index contributed by atoms with van der Waals surface area (Å²) in [4.78, 5) is 5.53. The zero-order chi connectivity index (χ0) is 16.8. The number of halogens is 3. The van der Waals surface area contributed by atoms with Crippen LogP contribution in [0, 0.1) is 0 Å². The van der Waals surface area contributed by atoms with Gasteiger partial charge in [-0.15, -0.1) is 0 Å². The summed E-state index contributed by atoms with van der Waals surface area (Å²) in [7, 11) is 0. The molecule has 1 aliphatic rings. The van der Waals surface area contributed by atoms with Gasteiger partial charge in [-0.3, -0.25) is 0 Å². The molecule has 0 spiro atoms. The molecule has 7 heteroatoms. The van der Waals surface area contributed by atoms with Crippen LogP contribution in [0.1, 0.15) is 11.9 Å². The Balaban J connectivity index is 1.78. The van der Waals surface area contributed by atoms with E-state index in [0.717, 1.165) is 32.4 Å². The lowest BCUT2D eigenvalue weighted by Crippen LogP contribution is -2.30. The molecule has 3 N–H and O–H groups in total. The molecular weight excluding hydrogens is 413 g/mol. The fourth-order valence-corrected chi connectivity index (χ4v) is 3.81. The maximum absolute atomic E-state index is 9.47. The van der Waals surface area contributed by atoms with Crippen LogP contribution >= 0.6 is 39.1 Å². The standard InChI is InChI=1S/C17H14BrCl2N3O/c18-10-2-1-9-5-15(21-13(9)6-10)17-22-14-7-11(19)12(20)8-16(14)23(17)3-4-24/h1-2,5-8,17,21-22,24H,3-4H2. The third kappa shape index (κ3) is 2.65. The fourth-order valence-electron chi connectivity index (χ4n) is 3.13. The van der Waals surface area contributed by atoms with Crippen LogP contribution in [-0.2, 0) is 0 Å². The van der Waals surface area contributed by atoms with Crippen LogP contribution in [0.4, 0.5) is 11.4 Å². The van der Waals surface area contributed by atoms with Gasteiger partial charge in [-0.25, -0.2) is 0 Å². The van der Waals surface area contributed by atoms with Crippen LogP contribution in [-0.4, -0.2) is 23.2 Å². The zero-order valence-electron chi connectivity index (χ0n) is 12.5. The first-order chi connectivity index (χ1) is 11.6. The highest BCUT2D eigenvalue weighted by Gasteiger charge is 2.31. The number of hydrogen-bond donors (Lipinski definition) is 3. The molecule has 1 aliphatic heterocycles. The van der Waals surface area contributed by atoms with Gasteiger partial charge in [-0.2, -0.15) is 0 Å². The molecule has 3 aromatic rings. The highest BCUT2D eigenvalue weighted by molar-refractivity contribution is 9.10. The first kappa shape index (κ1) is 16.1. The van der Waals surface area contributed by atoms with Gasteiger partial charge in [-0.1, -0.05) is 45.2 Å². The second-order valence-corrected chi connectivity index (χ2v) is 7.43. The minimum atomic E-state index is -0.118. The minimum Gasteiger partial charge on any atom is -0.395 e. The van der Waals surface area contributed by atoms with E-state index in [2.05, 4.69) is 43.3 Å². The van der Waals surface area contributed by atoms with E-state index in [1.54, 1.807) is 0 Å². The van der Waals surface area contributed by atoms with Gasteiger partial charge in [0.05, 0.1) is 33.7 Å². The van der Waals surface area contributed by atoms with Crippen molar-refractivity contribution in [3.8, 4) is 0 Å². The molecule has 0 amide bonds. The monoisotopic (exact) mass is 425 g/mol. The van der Waals surface area contributed by atoms with Crippen molar-refractivity contribution in [3.63, 3.8) is 0 Å². The molecule has 1 unspecified atom stereocenters. The normalized spacial score (nSPS) is 16.5. The van der Waals surface area contributed by atoms with Gasteiger partial charge < -0.3 is 20.3 Å². The molecule has 4 nitrogen and oxygen atoms in total. The fraction of sp³-hybridized carbons (Fsp3) is 0.176. The van der Waals surface area contributed by atoms with Crippen molar-refractivity contribution < 1.29 is 5.11 Å². The number of benzene rings is 2. The Morgan fingerprint density at radius 2 is 1.92 bits per heavy atom. The lowest BCUT2D eigenvalue weighted by atomic mass is 10.2. The average Bonchev–Trinajstić information content (AvgIpc) is 3.10. The Morgan fingerprint density at radius 1 is 1.12 bits per heavy atom. The number of rotatable bonds is 3. The van der Waals surface area contributed by atoms with Crippen molar-refractivity contribution in [1.29, 1.82) is 0 Å². The Labute approximate surface area is 157 Å². The predicted octanol–water partition coefficient (Wildman–Crippen LogP) is 5.16. The third-order valence-corrected chi connectivity index (χ3v) is 5.41. The predicted molar refractivity (Wildman–Crippen MR) is 103 cm³/mol. The molecule has 24 heavy (non-hydrogen) atoms. The summed E-state index contributed by atoms with van der Waals surface area (Å²) >= 11 is 15.8. The van der Waals surface area contributed by atoms with E-state index in [-0.39, 0.29) is 12.8 Å². The Morgan fingerprint density at radius 3 is 2.71 bits per heavy atom. The van der Waals surface area contributed by atoms with Gasteiger partial charge in [0.1, 0.15) is 6.17 Å². The first-order valence-corrected chi connectivity index (χ1v) is 9.03. The third-order valence-electron chi connectivity index (χ3n) is 4.19. The molecule has 0 saturated heterocycles. The van der Waals surface area contributed by atoms with Crippen molar-refractivity contribution in [2.24, 2.45) is 0 Å². The van der Waals surface area contributed by atoms with Crippen LogP contribution in [0.2, 0.25) is 10.0 Å². The maximum Gasteiger partial charge on any atom is 0.141 e. The quantitative estimate of drug-likeness (QED) is 0.542. The topological polar surface area (TPSA) is 51.3 Å². The summed E-state index contributed by atoms with van der Waals surface area (Å²) in [6, 6.07) is 11.9. The second kappa shape index (κ2) is 6.15. The molecule has 2 heterocycles. The first-order valence-electron chi connectivity index (χ1n) is 7.48. The number of nitrogens with zero attached hydrogens (tertiary/aromatic N) is 1. The number of anilines is 2. The van der Waals surface area contributed by atoms with E-state index in [1.165, 1.54) is 0 Å². The molecule has 0 radical (unpaired) electrons. The van der Waals surface area contributed by atoms with E-state index < -0.39 is 0 Å². The number of fused-ring (bicyclic) bond motifs is 2. The largest absolute Gasteiger partial charge is 0.395 e. The minimum absolute atomic E-state index is 0.0453. The molecule has 0 saturated carbocycles. The van der Waals surface area contributed by atoms with Crippen molar-refractivity contribution in [1.82, 2.24) is 4.98 Å². The van der Waals surface area contributed by atoms with Gasteiger partial charge >= 0.3 is 0 Å². The van der Waals surface area contributed by atoms with Gasteiger partial charge in [0, 0.05) is 16.5 Å². The van der Waals surface area contributed by atoms with Crippen LogP contribution in [0.15, 0.2) is 40.9 Å². The number of aromatic amines is 1. The number of aliphatic hydroxyl groups excluding tert-OH is 1. The molecule has 2 aromatic carbocycles. The molecule has 4 rings (SSSR count). The summed E-state index contributed by atoms with van der Waals surface area (Å²) in [6.45, 7) is 0.533. The number of hydrogen-bond acceptors (Lipinski definition) is 3. The highest BCUT2D eigenvalue weighted by Crippen LogP contribution is 2.44. The van der Waals surface area contributed by atoms with Crippen molar-refractivity contribution in [2.75, 3.05) is 23.4 Å². The smallest absolute Gasteiger partial charge is 0.141 e. The van der Waals surface area contributed by atoms with Crippen LogP contribution in [0.3, 0.4) is 0 Å². The van der Waals surface area contributed by atoms with Crippen molar-refractivity contribution >= 4 is 61.4 Å². The number of aliphatic hydroxyl groups is 1. The Bertz CT molecular complexity index is 928. The number of H-pyrrole nitrogens is 1. The summed E-state index contributed by atoms with van der Waals surface area (Å²) in [6.07, 6.45) is -0.118. The van der Waals surface area contributed by atoms with Gasteiger partial charge in [0.25, 0.3) is 0 Å². The van der Waals surface area contributed by atoms with E-state index >= 15 is 0 Å².